The van der Waals surface area contributed by atoms with Gasteiger partial charge in [-0.2, -0.15) is 0 Å². The Balaban J connectivity index is 2.43. The fourth-order valence-corrected chi connectivity index (χ4v) is 2.01. The zero-order valence-corrected chi connectivity index (χ0v) is 9.41. The lowest BCUT2D eigenvalue weighted by Crippen LogP contribution is -2.33. The molecule has 0 aliphatic carbocycles. The molecule has 0 unspecified atom stereocenters. The van der Waals surface area contributed by atoms with E-state index < -0.39 is 7.12 Å². The van der Waals surface area contributed by atoms with Gasteiger partial charge in [-0.3, -0.25) is 4.79 Å². The number of amides is 1. The van der Waals surface area contributed by atoms with Crippen LogP contribution >= 0.6 is 0 Å². The van der Waals surface area contributed by atoms with Crippen molar-refractivity contribution in [3.8, 4) is 0 Å². The van der Waals surface area contributed by atoms with E-state index in [0.717, 1.165) is 16.6 Å². The highest BCUT2D eigenvalue weighted by Crippen LogP contribution is 2.16. The third-order valence-corrected chi connectivity index (χ3v) is 2.83. The number of fused-ring (bicyclic) bond motifs is 1. The van der Waals surface area contributed by atoms with Crippen LogP contribution in [0, 0.1) is 6.92 Å². The van der Waals surface area contributed by atoms with E-state index >= 15 is 0 Å². The van der Waals surface area contributed by atoms with Crippen LogP contribution in [-0.4, -0.2) is 24.6 Å². The summed E-state index contributed by atoms with van der Waals surface area (Å²) < 4.78 is 5.12. The van der Waals surface area contributed by atoms with Crippen molar-refractivity contribution in [2.24, 2.45) is 0 Å². The highest BCUT2D eigenvalue weighted by molar-refractivity contribution is 6.62. The lowest BCUT2D eigenvalue weighted by molar-refractivity contribution is 0.0955. The van der Waals surface area contributed by atoms with Gasteiger partial charge in [0.15, 0.2) is 0 Å². The van der Waals surface area contributed by atoms with Crippen molar-refractivity contribution in [1.29, 1.82) is 0 Å². The van der Waals surface area contributed by atoms with Crippen molar-refractivity contribution in [3.05, 3.63) is 28.8 Å². The first kappa shape index (κ1) is 11.2. The molecule has 0 spiro atoms. The third kappa shape index (κ3) is 1.72. The Morgan fingerprint density at radius 3 is 3.06 bits per heavy atom. The second-order valence-electron chi connectivity index (χ2n) is 3.83. The lowest BCUT2D eigenvalue weighted by Gasteiger charge is -2.10. The maximum atomic E-state index is 11.7. The fourth-order valence-electron chi connectivity index (χ4n) is 2.01. The van der Waals surface area contributed by atoms with E-state index in [1.807, 2.05) is 19.9 Å². The van der Waals surface area contributed by atoms with Gasteiger partial charge in [0.05, 0.1) is 6.61 Å². The van der Waals surface area contributed by atoms with Crippen molar-refractivity contribution < 1.29 is 14.5 Å². The smallest absolute Gasteiger partial charge is 0.423 e. The molecule has 84 valence electrons. The number of hydrogen-bond acceptors (Lipinski definition) is 3. The van der Waals surface area contributed by atoms with Gasteiger partial charge in [0.1, 0.15) is 0 Å². The maximum Gasteiger partial charge on any atom is 0.492 e. The van der Waals surface area contributed by atoms with Gasteiger partial charge in [-0.25, -0.2) is 0 Å². The Labute approximate surface area is 94.8 Å². The van der Waals surface area contributed by atoms with Crippen LogP contribution in [0.4, 0.5) is 0 Å². The van der Waals surface area contributed by atoms with Crippen molar-refractivity contribution >= 4 is 18.5 Å². The van der Waals surface area contributed by atoms with Gasteiger partial charge in [-0.05, 0) is 36.5 Å². The molecule has 16 heavy (non-hydrogen) atoms. The summed E-state index contributed by atoms with van der Waals surface area (Å²) in [5, 5.41) is 12.4. The molecule has 0 saturated carbocycles. The van der Waals surface area contributed by atoms with E-state index in [-0.39, 0.29) is 5.91 Å². The topological polar surface area (TPSA) is 58.6 Å². The number of carbonyl (C=O) groups excluding carboxylic acids is 1. The van der Waals surface area contributed by atoms with E-state index in [4.69, 9.17) is 4.65 Å². The summed E-state index contributed by atoms with van der Waals surface area (Å²) in [6.45, 7) is 4.71. The summed E-state index contributed by atoms with van der Waals surface area (Å²) in [5.41, 5.74) is 3.10. The third-order valence-electron chi connectivity index (χ3n) is 2.83. The van der Waals surface area contributed by atoms with Gasteiger partial charge < -0.3 is 15.0 Å². The standard InChI is InChI=1S/C11H14BNO3/c1-3-13-11(14)9-5-4-8-6-16-12(15)10(8)7(9)2/h4-5,15H,3,6H2,1-2H3,(H,13,14). The molecule has 0 saturated heterocycles. The normalized spacial score (nSPS) is 13.8. The summed E-state index contributed by atoms with van der Waals surface area (Å²) in [5.74, 6) is -0.109. The van der Waals surface area contributed by atoms with Crippen LogP contribution in [0.2, 0.25) is 0 Å². The molecule has 5 heteroatoms. The molecule has 1 heterocycles. The zero-order valence-electron chi connectivity index (χ0n) is 9.41. The fraction of sp³-hybridized carbons (Fsp3) is 0.364. The van der Waals surface area contributed by atoms with Crippen molar-refractivity contribution in [1.82, 2.24) is 5.32 Å². The van der Waals surface area contributed by atoms with Crippen LogP contribution in [0.3, 0.4) is 0 Å². The van der Waals surface area contributed by atoms with Gasteiger partial charge in [0.25, 0.3) is 5.91 Å². The molecular formula is C11H14BNO3. The summed E-state index contributed by atoms with van der Waals surface area (Å²) in [7, 11) is -0.899. The predicted molar refractivity (Wildman–Crippen MR) is 61.6 cm³/mol. The Morgan fingerprint density at radius 2 is 2.38 bits per heavy atom. The highest BCUT2D eigenvalue weighted by atomic mass is 16.5. The number of hydrogen-bond donors (Lipinski definition) is 2. The molecule has 1 amide bonds. The lowest BCUT2D eigenvalue weighted by atomic mass is 9.75. The molecule has 0 radical (unpaired) electrons. The molecule has 0 atom stereocenters. The van der Waals surface area contributed by atoms with Crippen molar-refractivity contribution in [3.63, 3.8) is 0 Å². The minimum absolute atomic E-state index is 0.109. The average Bonchev–Trinajstić information content (AvgIpc) is 2.62. The quantitative estimate of drug-likeness (QED) is 0.686. The molecular weight excluding hydrogens is 205 g/mol. The maximum absolute atomic E-state index is 11.7. The molecule has 4 nitrogen and oxygen atoms in total. The molecule has 1 aliphatic rings. The second kappa shape index (κ2) is 4.27. The largest absolute Gasteiger partial charge is 0.492 e. The van der Waals surface area contributed by atoms with Crippen LogP contribution < -0.4 is 10.8 Å². The number of rotatable bonds is 2. The highest BCUT2D eigenvalue weighted by Gasteiger charge is 2.30. The molecule has 2 N–H and O–H groups in total. The first-order valence-electron chi connectivity index (χ1n) is 5.35. The Morgan fingerprint density at radius 1 is 1.62 bits per heavy atom. The minimum atomic E-state index is -0.899. The summed E-state index contributed by atoms with van der Waals surface area (Å²) in [6, 6.07) is 3.61. The molecule has 1 aliphatic heterocycles. The molecule has 2 rings (SSSR count). The summed E-state index contributed by atoms with van der Waals surface area (Å²) >= 11 is 0. The van der Waals surface area contributed by atoms with E-state index in [0.29, 0.717) is 18.7 Å². The molecule has 0 aromatic heterocycles. The summed E-state index contributed by atoms with van der Waals surface area (Å²) in [4.78, 5) is 11.7. The predicted octanol–water partition coefficient (Wildman–Crippen LogP) is -0.0376. The molecule has 1 aromatic carbocycles. The number of carbonyl (C=O) groups is 1. The van der Waals surface area contributed by atoms with Crippen molar-refractivity contribution in [2.45, 2.75) is 20.5 Å². The Bertz CT molecular complexity index is 433. The Kier molecular flexibility index (Phi) is 2.98. The first-order chi connectivity index (χ1) is 7.65. The van der Waals surface area contributed by atoms with Gasteiger partial charge in [0.2, 0.25) is 0 Å². The monoisotopic (exact) mass is 219 g/mol. The van der Waals surface area contributed by atoms with Gasteiger partial charge in [0, 0.05) is 12.1 Å². The van der Waals surface area contributed by atoms with Crippen LogP contribution in [0.15, 0.2) is 12.1 Å². The van der Waals surface area contributed by atoms with E-state index in [1.165, 1.54) is 0 Å². The van der Waals surface area contributed by atoms with Crippen LogP contribution in [0.25, 0.3) is 0 Å². The first-order valence-corrected chi connectivity index (χ1v) is 5.35. The SMILES string of the molecule is CCNC(=O)c1ccc2c(c1C)B(O)OC2. The van der Waals surface area contributed by atoms with Crippen LogP contribution in [-0.2, 0) is 11.3 Å². The van der Waals surface area contributed by atoms with Gasteiger partial charge >= 0.3 is 7.12 Å². The zero-order chi connectivity index (χ0) is 11.7. The Hall–Kier alpha value is -1.33. The minimum Gasteiger partial charge on any atom is -0.423 e. The molecule has 1 aromatic rings. The van der Waals surface area contributed by atoms with Crippen LogP contribution in [0.5, 0.6) is 0 Å². The average molecular weight is 219 g/mol. The molecule has 0 fully saturated rings. The van der Waals surface area contributed by atoms with Crippen LogP contribution in [0.1, 0.15) is 28.4 Å². The van der Waals surface area contributed by atoms with E-state index in [1.54, 1.807) is 6.07 Å². The van der Waals surface area contributed by atoms with E-state index in [9.17, 15) is 9.82 Å². The van der Waals surface area contributed by atoms with Crippen molar-refractivity contribution in [2.75, 3.05) is 6.54 Å². The van der Waals surface area contributed by atoms with Gasteiger partial charge in [-0.1, -0.05) is 6.07 Å². The summed E-state index contributed by atoms with van der Waals surface area (Å²) in [6.07, 6.45) is 0. The van der Waals surface area contributed by atoms with Gasteiger partial charge in [-0.15, -0.1) is 0 Å². The number of benzene rings is 1. The number of nitrogens with one attached hydrogen (secondary N) is 1. The molecule has 0 bridgehead atoms. The second-order valence-corrected chi connectivity index (χ2v) is 3.83. The van der Waals surface area contributed by atoms with E-state index in [2.05, 4.69) is 5.32 Å².